The molecule has 0 radical (unpaired) electrons. The lowest BCUT2D eigenvalue weighted by atomic mass is 9.61. The third-order valence-electron chi connectivity index (χ3n) is 3.54. The molecule has 86 valence electrons. The van der Waals surface area contributed by atoms with Crippen molar-refractivity contribution in [3.05, 3.63) is 24.0 Å². The minimum absolute atomic E-state index is 0.138. The van der Waals surface area contributed by atoms with Crippen molar-refractivity contribution in [3.63, 3.8) is 0 Å². The van der Waals surface area contributed by atoms with E-state index in [-0.39, 0.29) is 23.5 Å². The van der Waals surface area contributed by atoms with Crippen molar-refractivity contribution in [1.29, 1.82) is 0 Å². The van der Waals surface area contributed by atoms with Gasteiger partial charge in [0.2, 0.25) is 0 Å². The van der Waals surface area contributed by atoms with Crippen molar-refractivity contribution >= 4 is 0 Å². The first kappa shape index (κ1) is 12.3. The van der Waals surface area contributed by atoms with Gasteiger partial charge in [0.25, 0.3) is 0 Å². The minimum atomic E-state index is -0.990. The molecule has 3 atom stereocenters. The first-order valence-corrected chi connectivity index (χ1v) is 5.69. The number of rotatable bonds is 3. The molecule has 0 saturated heterocycles. The molecule has 1 saturated carbocycles. The van der Waals surface area contributed by atoms with Gasteiger partial charge in [0, 0.05) is 0 Å². The molecule has 0 aliphatic heterocycles. The number of aliphatic hydroxyl groups is 2. The third kappa shape index (κ3) is 2.10. The molecule has 0 aromatic heterocycles. The van der Waals surface area contributed by atoms with Crippen LogP contribution in [0.15, 0.2) is 24.0 Å². The van der Waals surface area contributed by atoms with E-state index < -0.39 is 5.60 Å². The SMILES string of the molecule is C/C=C\C(C)/C=C(/O)C1(O)C(C)CC1C. The molecule has 0 spiro atoms. The van der Waals surface area contributed by atoms with Gasteiger partial charge in [-0.2, -0.15) is 0 Å². The van der Waals surface area contributed by atoms with Gasteiger partial charge in [-0.25, -0.2) is 0 Å². The van der Waals surface area contributed by atoms with Crippen LogP contribution in [0, 0.1) is 17.8 Å². The lowest BCUT2D eigenvalue weighted by molar-refractivity contribution is -0.130. The van der Waals surface area contributed by atoms with E-state index in [2.05, 4.69) is 0 Å². The fourth-order valence-electron chi connectivity index (χ4n) is 2.46. The molecule has 0 aromatic carbocycles. The van der Waals surface area contributed by atoms with Gasteiger partial charge in [0.05, 0.1) is 0 Å². The Bertz CT molecular complexity index is 270. The fourth-order valence-corrected chi connectivity index (χ4v) is 2.46. The number of aliphatic hydroxyl groups excluding tert-OH is 1. The summed E-state index contributed by atoms with van der Waals surface area (Å²) in [6.07, 6.45) is 6.66. The van der Waals surface area contributed by atoms with E-state index >= 15 is 0 Å². The van der Waals surface area contributed by atoms with Gasteiger partial charge in [-0.3, -0.25) is 0 Å². The molecule has 0 amide bonds. The van der Waals surface area contributed by atoms with Gasteiger partial charge in [-0.1, -0.05) is 32.9 Å². The van der Waals surface area contributed by atoms with Crippen LogP contribution in [0.2, 0.25) is 0 Å². The first-order valence-electron chi connectivity index (χ1n) is 5.69. The highest BCUT2D eigenvalue weighted by Gasteiger charge is 2.52. The molecule has 1 aliphatic rings. The quantitative estimate of drug-likeness (QED) is 0.555. The summed E-state index contributed by atoms with van der Waals surface area (Å²) in [4.78, 5) is 0. The Kier molecular flexibility index (Phi) is 3.61. The Hall–Kier alpha value is -0.760. The fraction of sp³-hybridized carbons (Fsp3) is 0.692. The summed E-state index contributed by atoms with van der Waals surface area (Å²) in [7, 11) is 0. The molecule has 1 rings (SSSR count). The topological polar surface area (TPSA) is 40.5 Å². The summed E-state index contributed by atoms with van der Waals surface area (Å²) >= 11 is 0. The molecule has 2 nitrogen and oxygen atoms in total. The van der Waals surface area contributed by atoms with Gasteiger partial charge in [0.15, 0.2) is 0 Å². The average molecular weight is 210 g/mol. The van der Waals surface area contributed by atoms with Crippen LogP contribution >= 0.6 is 0 Å². The smallest absolute Gasteiger partial charge is 0.126 e. The van der Waals surface area contributed by atoms with E-state index in [1.165, 1.54) is 0 Å². The zero-order valence-corrected chi connectivity index (χ0v) is 10.1. The van der Waals surface area contributed by atoms with E-state index in [0.29, 0.717) is 0 Å². The molecule has 0 aromatic rings. The zero-order chi connectivity index (χ0) is 11.6. The van der Waals surface area contributed by atoms with Crippen LogP contribution in [0.3, 0.4) is 0 Å². The molecule has 2 heteroatoms. The maximum absolute atomic E-state index is 10.3. The standard InChI is InChI=1S/C13H22O2/c1-5-6-9(2)7-12(14)13(15)10(3)8-11(13)4/h5-7,9-11,14-15H,8H2,1-4H3/b6-5-,12-7+. The number of hydrogen-bond donors (Lipinski definition) is 2. The molecule has 1 aliphatic carbocycles. The van der Waals surface area contributed by atoms with E-state index in [1.807, 2.05) is 39.8 Å². The second kappa shape index (κ2) is 4.40. The van der Waals surface area contributed by atoms with Crippen molar-refractivity contribution in [2.75, 3.05) is 0 Å². The van der Waals surface area contributed by atoms with E-state index in [1.54, 1.807) is 6.08 Å². The molecule has 0 heterocycles. The normalized spacial score (nSPS) is 39.1. The lowest BCUT2D eigenvalue weighted by Crippen LogP contribution is -2.54. The van der Waals surface area contributed by atoms with Crippen LogP contribution in [-0.4, -0.2) is 15.8 Å². The highest BCUT2D eigenvalue weighted by molar-refractivity contribution is 5.20. The number of hydrogen-bond acceptors (Lipinski definition) is 2. The summed E-state index contributed by atoms with van der Waals surface area (Å²) < 4.78 is 0. The van der Waals surface area contributed by atoms with Gasteiger partial charge >= 0.3 is 0 Å². The predicted molar refractivity (Wildman–Crippen MR) is 62.6 cm³/mol. The Balaban J connectivity index is 2.79. The maximum atomic E-state index is 10.3. The predicted octanol–water partition coefficient (Wildman–Crippen LogP) is 3.05. The molecular weight excluding hydrogens is 188 g/mol. The molecule has 0 bridgehead atoms. The van der Waals surface area contributed by atoms with Crippen molar-refractivity contribution < 1.29 is 10.2 Å². The Morgan fingerprint density at radius 2 is 1.93 bits per heavy atom. The molecule has 1 fully saturated rings. The summed E-state index contributed by atoms with van der Waals surface area (Å²) in [6.45, 7) is 7.90. The summed E-state index contributed by atoms with van der Waals surface area (Å²) in [5.41, 5.74) is -0.990. The second-order valence-corrected chi connectivity index (χ2v) is 4.80. The monoisotopic (exact) mass is 210 g/mol. The zero-order valence-electron chi connectivity index (χ0n) is 10.1. The Morgan fingerprint density at radius 3 is 2.33 bits per heavy atom. The molecule has 3 unspecified atom stereocenters. The van der Waals surface area contributed by atoms with Crippen LogP contribution in [0.1, 0.15) is 34.1 Å². The van der Waals surface area contributed by atoms with Crippen LogP contribution in [0.4, 0.5) is 0 Å². The number of allylic oxidation sites excluding steroid dienone is 3. The first-order chi connectivity index (χ1) is 6.92. The van der Waals surface area contributed by atoms with Crippen LogP contribution in [0.5, 0.6) is 0 Å². The largest absolute Gasteiger partial charge is 0.510 e. The van der Waals surface area contributed by atoms with Gasteiger partial charge in [0.1, 0.15) is 11.4 Å². The van der Waals surface area contributed by atoms with E-state index in [0.717, 1.165) is 6.42 Å². The Morgan fingerprint density at radius 1 is 1.40 bits per heavy atom. The van der Waals surface area contributed by atoms with Crippen LogP contribution < -0.4 is 0 Å². The second-order valence-electron chi connectivity index (χ2n) is 4.80. The van der Waals surface area contributed by atoms with Crippen LogP contribution in [0.25, 0.3) is 0 Å². The van der Waals surface area contributed by atoms with Crippen molar-refractivity contribution in [3.8, 4) is 0 Å². The lowest BCUT2D eigenvalue weighted by Gasteiger charge is -2.49. The molecule has 15 heavy (non-hydrogen) atoms. The van der Waals surface area contributed by atoms with Crippen LogP contribution in [-0.2, 0) is 0 Å². The van der Waals surface area contributed by atoms with E-state index in [4.69, 9.17) is 0 Å². The third-order valence-corrected chi connectivity index (χ3v) is 3.54. The van der Waals surface area contributed by atoms with Gasteiger partial charge in [-0.15, -0.1) is 0 Å². The van der Waals surface area contributed by atoms with E-state index in [9.17, 15) is 10.2 Å². The summed E-state index contributed by atoms with van der Waals surface area (Å²) in [6, 6.07) is 0. The summed E-state index contributed by atoms with van der Waals surface area (Å²) in [5, 5.41) is 20.2. The van der Waals surface area contributed by atoms with Crippen molar-refractivity contribution in [2.45, 2.75) is 39.7 Å². The van der Waals surface area contributed by atoms with Gasteiger partial charge < -0.3 is 10.2 Å². The molecule has 2 N–H and O–H groups in total. The Labute approximate surface area is 92.3 Å². The molecular formula is C13H22O2. The minimum Gasteiger partial charge on any atom is -0.510 e. The average Bonchev–Trinajstić information content (AvgIpc) is 2.17. The van der Waals surface area contributed by atoms with Crippen molar-refractivity contribution in [1.82, 2.24) is 0 Å². The van der Waals surface area contributed by atoms with Gasteiger partial charge in [-0.05, 0) is 37.2 Å². The van der Waals surface area contributed by atoms with Crippen molar-refractivity contribution in [2.24, 2.45) is 17.8 Å². The highest BCUT2D eigenvalue weighted by atomic mass is 16.3. The highest BCUT2D eigenvalue weighted by Crippen LogP contribution is 2.47. The maximum Gasteiger partial charge on any atom is 0.126 e. The summed E-state index contributed by atoms with van der Waals surface area (Å²) in [5.74, 6) is 0.612.